The van der Waals surface area contributed by atoms with Crippen LogP contribution in [0.5, 0.6) is 0 Å². The summed E-state index contributed by atoms with van der Waals surface area (Å²) in [6, 6.07) is 54.0. The van der Waals surface area contributed by atoms with Gasteiger partial charge in [0.15, 0.2) is 0 Å². The maximum atomic E-state index is 2.75. The standard InChI is InChI=1S/C51H45N/c1-2-12-35(13-3-1)36-22-24-39(25-23-36)52(46-20-10-16-42-40-14-4-6-18-44(40)50(48(42)46)26-8-9-27-50)47-21-11-17-43-41-15-5-7-19-45(41)51(49(43)47)37-29-33-28-34(31-37)32-38(51)30-33/h1-7,10-25,33-34,37-38H,8-9,26-32H2. The highest BCUT2D eigenvalue weighted by atomic mass is 15.2. The molecule has 1 heteroatoms. The second-order valence-corrected chi connectivity index (χ2v) is 17.2. The Morgan fingerprint density at radius 1 is 0.423 bits per heavy atom. The molecule has 13 rings (SSSR count). The van der Waals surface area contributed by atoms with Crippen LogP contribution in [0, 0.1) is 23.7 Å². The Bertz CT molecular complexity index is 2350. The van der Waals surface area contributed by atoms with E-state index in [2.05, 4.69) is 144 Å². The van der Waals surface area contributed by atoms with E-state index in [1.54, 1.807) is 22.3 Å². The Labute approximate surface area is 308 Å². The van der Waals surface area contributed by atoms with Gasteiger partial charge in [0, 0.05) is 16.5 Å². The minimum Gasteiger partial charge on any atom is -0.310 e. The number of hydrogen-bond donors (Lipinski definition) is 0. The lowest BCUT2D eigenvalue weighted by Gasteiger charge is -2.61. The van der Waals surface area contributed by atoms with Crippen molar-refractivity contribution < 1.29 is 0 Å². The Morgan fingerprint density at radius 2 is 0.942 bits per heavy atom. The smallest absolute Gasteiger partial charge is 0.0509 e. The molecule has 4 bridgehead atoms. The third kappa shape index (κ3) is 3.80. The van der Waals surface area contributed by atoms with E-state index in [1.807, 2.05) is 0 Å². The number of rotatable bonds is 4. The van der Waals surface area contributed by atoms with Crippen molar-refractivity contribution in [2.75, 3.05) is 4.90 Å². The summed E-state index contributed by atoms with van der Waals surface area (Å²) >= 11 is 0. The first-order valence-electron chi connectivity index (χ1n) is 20.2. The van der Waals surface area contributed by atoms with Gasteiger partial charge in [-0.1, -0.05) is 128 Å². The van der Waals surface area contributed by atoms with Gasteiger partial charge in [0.25, 0.3) is 0 Å². The third-order valence-electron chi connectivity index (χ3n) is 15.0. The largest absolute Gasteiger partial charge is 0.310 e. The van der Waals surface area contributed by atoms with E-state index in [0.717, 1.165) is 11.8 Å². The zero-order valence-electron chi connectivity index (χ0n) is 29.9. The van der Waals surface area contributed by atoms with Crippen LogP contribution in [-0.2, 0) is 10.8 Å². The summed E-state index contributed by atoms with van der Waals surface area (Å²) < 4.78 is 0. The minimum absolute atomic E-state index is 0.0615. The quantitative estimate of drug-likeness (QED) is 0.180. The summed E-state index contributed by atoms with van der Waals surface area (Å²) in [6.07, 6.45) is 12.1. The highest BCUT2D eigenvalue weighted by Gasteiger charge is 2.62. The summed E-state index contributed by atoms with van der Waals surface area (Å²) in [5.41, 5.74) is 19.0. The highest BCUT2D eigenvalue weighted by Crippen LogP contribution is 2.71. The molecule has 5 fully saturated rings. The van der Waals surface area contributed by atoms with Crippen molar-refractivity contribution in [2.24, 2.45) is 23.7 Å². The van der Waals surface area contributed by atoms with Crippen molar-refractivity contribution in [3.05, 3.63) is 162 Å². The van der Waals surface area contributed by atoms with Crippen LogP contribution in [-0.4, -0.2) is 0 Å². The molecule has 0 unspecified atom stereocenters. The highest BCUT2D eigenvalue weighted by molar-refractivity contribution is 5.95. The molecule has 7 aliphatic rings. The maximum absolute atomic E-state index is 2.75. The molecule has 0 radical (unpaired) electrons. The van der Waals surface area contributed by atoms with Crippen molar-refractivity contribution in [2.45, 2.75) is 68.6 Å². The molecule has 0 aromatic heterocycles. The van der Waals surface area contributed by atoms with Gasteiger partial charge in [-0.25, -0.2) is 0 Å². The molecular formula is C51H45N. The number of hydrogen-bond acceptors (Lipinski definition) is 1. The molecule has 0 N–H and O–H groups in total. The van der Waals surface area contributed by atoms with E-state index in [4.69, 9.17) is 0 Å². The van der Waals surface area contributed by atoms with Gasteiger partial charge in [-0.15, -0.1) is 0 Å². The molecule has 0 heterocycles. The van der Waals surface area contributed by atoms with Crippen LogP contribution in [0.1, 0.15) is 80.0 Å². The van der Waals surface area contributed by atoms with E-state index in [0.29, 0.717) is 11.8 Å². The van der Waals surface area contributed by atoms with Gasteiger partial charge in [-0.3, -0.25) is 0 Å². The molecule has 1 nitrogen and oxygen atoms in total. The zero-order valence-corrected chi connectivity index (χ0v) is 29.9. The molecule has 0 saturated heterocycles. The summed E-state index contributed by atoms with van der Waals surface area (Å²) in [4.78, 5) is 2.75. The number of fused-ring (bicyclic) bond motifs is 8. The summed E-state index contributed by atoms with van der Waals surface area (Å²) in [6.45, 7) is 0. The monoisotopic (exact) mass is 671 g/mol. The Morgan fingerprint density at radius 3 is 1.62 bits per heavy atom. The van der Waals surface area contributed by atoms with Gasteiger partial charge in [-0.05, 0) is 149 Å². The molecular weight excluding hydrogens is 627 g/mol. The molecule has 254 valence electrons. The van der Waals surface area contributed by atoms with Crippen LogP contribution in [0.2, 0.25) is 0 Å². The first kappa shape index (κ1) is 29.7. The molecule has 6 aromatic rings. The van der Waals surface area contributed by atoms with Gasteiger partial charge in [0.05, 0.1) is 11.4 Å². The average Bonchev–Trinajstić information content (AvgIpc) is 3.88. The summed E-state index contributed by atoms with van der Waals surface area (Å²) in [5.74, 6) is 3.25. The third-order valence-corrected chi connectivity index (χ3v) is 15.0. The van der Waals surface area contributed by atoms with Gasteiger partial charge < -0.3 is 4.90 Å². The zero-order chi connectivity index (χ0) is 34.0. The second kappa shape index (κ2) is 10.8. The van der Waals surface area contributed by atoms with E-state index in [-0.39, 0.29) is 10.8 Å². The average molecular weight is 672 g/mol. The van der Waals surface area contributed by atoms with Crippen molar-refractivity contribution >= 4 is 17.1 Å². The van der Waals surface area contributed by atoms with E-state index in [9.17, 15) is 0 Å². The lowest BCUT2D eigenvalue weighted by Crippen LogP contribution is -2.55. The van der Waals surface area contributed by atoms with Crippen LogP contribution in [0.15, 0.2) is 140 Å². The topological polar surface area (TPSA) is 3.24 Å². The lowest BCUT2D eigenvalue weighted by molar-refractivity contribution is -0.0397. The van der Waals surface area contributed by atoms with Crippen LogP contribution >= 0.6 is 0 Å². The number of anilines is 3. The second-order valence-electron chi connectivity index (χ2n) is 17.2. The first-order valence-corrected chi connectivity index (χ1v) is 20.2. The molecule has 5 saturated carbocycles. The molecule has 0 aliphatic heterocycles. The lowest BCUT2D eigenvalue weighted by atomic mass is 9.43. The van der Waals surface area contributed by atoms with Crippen molar-refractivity contribution in [3.63, 3.8) is 0 Å². The van der Waals surface area contributed by atoms with Crippen molar-refractivity contribution in [3.8, 4) is 33.4 Å². The number of benzene rings is 6. The van der Waals surface area contributed by atoms with Crippen LogP contribution in [0.25, 0.3) is 33.4 Å². The van der Waals surface area contributed by atoms with Crippen molar-refractivity contribution in [1.82, 2.24) is 0 Å². The van der Waals surface area contributed by atoms with Gasteiger partial charge in [-0.2, -0.15) is 0 Å². The van der Waals surface area contributed by atoms with Crippen molar-refractivity contribution in [1.29, 1.82) is 0 Å². The Kier molecular flexibility index (Phi) is 6.18. The van der Waals surface area contributed by atoms with E-state index in [1.165, 1.54) is 108 Å². The van der Waals surface area contributed by atoms with Gasteiger partial charge in [0.2, 0.25) is 0 Å². The predicted molar refractivity (Wildman–Crippen MR) is 215 cm³/mol. The van der Waals surface area contributed by atoms with Crippen LogP contribution < -0.4 is 4.90 Å². The summed E-state index contributed by atoms with van der Waals surface area (Å²) in [5, 5.41) is 0. The molecule has 7 aliphatic carbocycles. The van der Waals surface area contributed by atoms with Gasteiger partial charge in [0.1, 0.15) is 0 Å². The fraction of sp³-hybridized carbons (Fsp3) is 0.294. The molecule has 0 atom stereocenters. The maximum Gasteiger partial charge on any atom is 0.0509 e. The number of nitrogens with zero attached hydrogens (tertiary/aromatic N) is 1. The molecule has 2 spiro atoms. The summed E-state index contributed by atoms with van der Waals surface area (Å²) in [7, 11) is 0. The Balaban J connectivity index is 1.14. The van der Waals surface area contributed by atoms with Crippen LogP contribution in [0.4, 0.5) is 17.1 Å². The molecule has 52 heavy (non-hydrogen) atoms. The fourth-order valence-electron chi connectivity index (χ4n) is 13.4. The fourth-order valence-corrected chi connectivity index (χ4v) is 13.4. The van der Waals surface area contributed by atoms with E-state index >= 15 is 0 Å². The normalized spacial score (nSPS) is 26.4. The first-order chi connectivity index (χ1) is 25.7. The molecule has 0 amide bonds. The SMILES string of the molecule is c1ccc(-c2ccc(N(c3cccc4c3C3(CCCC3)c3ccccc3-4)c3cccc4c3C3(c5ccccc5-4)C4CC5CC(C4)CC3C5)cc2)cc1. The van der Waals surface area contributed by atoms with Gasteiger partial charge >= 0.3 is 0 Å². The minimum atomic E-state index is 0.0615. The Hall–Kier alpha value is -4.88. The molecule has 6 aromatic carbocycles. The predicted octanol–water partition coefficient (Wildman–Crippen LogP) is 13.4. The van der Waals surface area contributed by atoms with Crippen LogP contribution in [0.3, 0.4) is 0 Å². The van der Waals surface area contributed by atoms with E-state index < -0.39 is 0 Å².